The molecule has 0 spiro atoms. The molecule has 0 rings (SSSR count). The molecule has 0 aliphatic carbocycles. The summed E-state index contributed by atoms with van der Waals surface area (Å²) < 4.78 is 34.7. The van der Waals surface area contributed by atoms with Crippen LogP contribution in [0, 0.1) is 0 Å². The summed E-state index contributed by atoms with van der Waals surface area (Å²) in [6.45, 7) is 0. The first-order chi connectivity index (χ1) is 5.41. The Labute approximate surface area is 163 Å². The van der Waals surface area contributed by atoms with Gasteiger partial charge in [-0.25, -0.2) is 0 Å². The predicted octanol–water partition coefficient (Wildman–Crippen LogP) is -18.8. The minimum absolute atomic E-state index is 0. The average Bonchev–Trinajstić information content (AvgIpc) is 1.43. The van der Waals surface area contributed by atoms with Crippen LogP contribution in [0.4, 0.5) is 0 Å². The number of hydrogen-bond acceptors (Lipinski definition) is 10. The number of phosphoric acid groups is 3. The zero-order chi connectivity index (χ0) is 10.9. The SMILES string of the molecule is O=P([O-])([O-])OP(=O)([O-])OP(=O)([O-])[O-].[Li+].[Li+].[Li+].[Li+].[Li+]. The van der Waals surface area contributed by atoms with E-state index in [1.54, 1.807) is 0 Å². The van der Waals surface area contributed by atoms with Crippen LogP contribution in [0.5, 0.6) is 0 Å². The third-order valence-electron chi connectivity index (χ3n) is 0.400. The van der Waals surface area contributed by atoms with Gasteiger partial charge in [0.1, 0.15) is 0 Å². The van der Waals surface area contributed by atoms with Crippen molar-refractivity contribution < 1.29 is 141 Å². The van der Waals surface area contributed by atoms with Gasteiger partial charge in [0.2, 0.25) is 0 Å². The summed E-state index contributed by atoms with van der Waals surface area (Å²) in [4.78, 5) is 48.6. The van der Waals surface area contributed by atoms with Crippen molar-refractivity contribution in [1.29, 1.82) is 0 Å². The van der Waals surface area contributed by atoms with E-state index in [2.05, 4.69) is 8.62 Å². The Morgan fingerprint density at radius 1 is 0.556 bits per heavy atom. The molecule has 10 nitrogen and oxygen atoms in total. The maximum atomic E-state index is 10.1. The molecule has 0 aromatic rings. The second-order valence-corrected chi connectivity index (χ2v) is 5.49. The van der Waals surface area contributed by atoms with E-state index in [1.165, 1.54) is 0 Å². The Balaban J connectivity index is -0.0000000720. The van der Waals surface area contributed by atoms with E-state index < -0.39 is 23.5 Å². The quantitative estimate of drug-likeness (QED) is 0.355. The van der Waals surface area contributed by atoms with E-state index in [-0.39, 0.29) is 94.3 Å². The summed E-state index contributed by atoms with van der Waals surface area (Å²) in [6.07, 6.45) is 0. The van der Waals surface area contributed by atoms with Gasteiger partial charge in [-0.15, -0.1) is 0 Å². The molecule has 0 amide bonds. The molecule has 0 saturated heterocycles. The molecule has 0 N–H and O–H groups in total. The summed E-state index contributed by atoms with van der Waals surface area (Å²) >= 11 is 0. The maximum absolute atomic E-state index is 10.1. The summed E-state index contributed by atoms with van der Waals surface area (Å²) in [5.74, 6) is 0. The summed E-state index contributed by atoms with van der Waals surface area (Å²) in [6, 6.07) is 0. The van der Waals surface area contributed by atoms with Crippen molar-refractivity contribution in [3.8, 4) is 0 Å². The van der Waals surface area contributed by atoms with Crippen LogP contribution >= 0.6 is 23.5 Å². The molecular weight excluding hydrogens is 288 g/mol. The Morgan fingerprint density at radius 3 is 0.833 bits per heavy atom. The third kappa shape index (κ3) is 27.7. The van der Waals surface area contributed by atoms with Crippen LogP contribution in [0.1, 0.15) is 0 Å². The van der Waals surface area contributed by atoms with Crippen molar-refractivity contribution in [3.05, 3.63) is 0 Å². The van der Waals surface area contributed by atoms with Gasteiger partial charge in [-0.05, 0) is 0 Å². The smallest absolute Gasteiger partial charge is 0.790 e. The van der Waals surface area contributed by atoms with Crippen molar-refractivity contribution in [1.82, 2.24) is 0 Å². The second-order valence-electron chi connectivity index (χ2n) is 1.50. The standard InChI is InChI=1S/5Li.H5O10P3/c;;;;;1-11(2,3)9-13(7,8)10-12(4,5)6/h;;;;;(H,7,8)(H2,1,2,3)(H2,4,5,6)/q5*+1;/p-5. The fourth-order valence-corrected chi connectivity index (χ4v) is 2.61. The minimum Gasteiger partial charge on any atom is -0.790 e. The molecule has 80 valence electrons. The number of hydrogen-bond donors (Lipinski definition) is 0. The molecule has 0 fully saturated rings. The van der Waals surface area contributed by atoms with Crippen LogP contribution in [0.2, 0.25) is 0 Å². The molecule has 0 aliphatic heterocycles. The van der Waals surface area contributed by atoms with Crippen LogP contribution < -0.4 is 119 Å². The molecule has 0 saturated carbocycles. The van der Waals surface area contributed by atoms with Gasteiger partial charge in [-0.1, -0.05) is 0 Å². The molecule has 0 aromatic carbocycles. The van der Waals surface area contributed by atoms with Gasteiger partial charge in [0.15, 0.2) is 0 Å². The van der Waals surface area contributed by atoms with E-state index in [0.29, 0.717) is 0 Å². The van der Waals surface area contributed by atoms with Gasteiger partial charge in [0.25, 0.3) is 7.82 Å². The van der Waals surface area contributed by atoms with Crippen LogP contribution in [0.25, 0.3) is 0 Å². The molecule has 0 radical (unpaired) electrons. The topological polar surface area (TPSA) is 185 Å². The normalized spacial score (nSPS) is 10.5. The van der Waals surface area contributed by atoms with Crippen LogP contribution in [-0.2, 0) is 22.3 Å². The number of rotatable bonds is 4. The molecule has 18 heavy (non-hydrogen) atoms. The van der Waals surface area contributed by atoms with Crippen molar-refractivity contribution in [2.45, 2.75) is 0 Å². The predicted molar refractivity (Wildman–Crippen MR) is 25.0 cm³/mol. The van der Waals surface area contributed by atoms with Crippen LogP contribution in [0.15, 0.2) is 0 Å². The van der Waals surface area contributed by atoms with Gasteiger partial charge >= 0.3 is 94.3 Å². The molecule has 0 unspecified atom stereocenters. The minimum atomic E-state index is -5.97. The second kappa shape index (κ2) is 14.0. The fourth-order valence-electron chi connectivity index (χ4n) is 0.260. The van der Waals surface area contributed by atoms with E-state index in [0.717, 1.165) is 0 Å². The monoisotopic (exact) mass is 288 g/mol. The zero-order valence-electron chi connectivity index (χ0n) is 10.4. The van der Waals surface area contributed by atoms with Crippen molar-refractivity contribution in [3.63, 3.8) is 0 Å². The van der Waals surface area contributed by atoms with Gasteiger partial charge < -0.3 is 33.6 Å². The Kier molecular flexibility index (Phi) is 29.2. The first kappa shape index (κ1) is 37.6. The van der Waals surface area contributed by atoms with Gasteiger partial charge in [0.05, 0.1) is 15.6 Å². The first-order valence-electron chi connectivity index (χ1n) is 2.19. The summed E-state index contributed by atoms with van der Waals surface area (Å²) in [7, 11) is -17.9. The molecule has 0 heterocycles. The molecule has 0 bridgehead atoms. The maximum Gasteiger partial charge on any atom is 1.00 e. The fraction of sp³-hybridized carbons (Fsp3) is 0. The Bertz CT molecular complexity index is 287. The van der Waals surface area contributed by atoms with Crippen LogP contribution in [0.3, 0.4) is 0 Å². The van der Waals surface area contributed by atoms with Gasteiger partial charge in [-0.3, -0.25) is 13.2 Å². The average molecular weight is 288 g/mol. The van der Waals surface area contributed by atoms with Crippen molar-refractivity contribution >= 4 is 23.5 Å². The summed E-state index contributed by atoms with van der Waals surface area (Å²) in [5.41, 5.74) is 0. The van der Waals surface area contributed by atoms with Crippen LogP contribution in [-0.4, -0.2) is 0 Å². The first-order valence-corrected chi connectivity index (χ1v) is 6.57. The molecule has 0 aromatic heterocycles. The largest absolute Gasteiger partial charge is 1.00 e. The Morgan fingerprint density at radius 2 is 0.722 bits per heavy atom. The molecule has 18 heteroatoms. The van der Waals surface area contributed by atoms with Crippen molar-refractivity contribution in [2.75, 3.05) is 0 Å². The molecule has 0 atom stereocenters. The van der Waals surface area contributed by atoms with E-state index >= 15 is 0 Å². The summed E-state index contributed by atoms with van der Waals surface area (Å²) in [5, 5.41) is 0. The van der Waals surface area contributed by atoms with E-state index in [9.17, 15) is 38.2 Å². The van der Waals surface area contributed by atoms with E-state index in [1.807, 2.05) is 0 Å². The zero-order valence-corrected chi connectivity index (χ0v) is 13.1. The Hall–Kier alpha value is 3.40. The van der Waals surface area contributed by atoms with Crippen molar-refractivity contribution in [2.24, 2.45) is 0 Å². The van der Waals surface area contributed by atoms with Gasteiger partial charge in [-0.2, -0.15) is 0 Å². The third-order valence-corrected chi connectivity index (χ3v) is 3.60. The molecule has 0 aliphatic rings. The van der Waals surface area contributed by atoms with Gasteiger partial charge in [0, 0.05) is 0 Å². The van der Waals surface area contributed by atoms with E-state index in [4.69, 9.17) is 0 Å². The molecular formula is Li5O10P3.